The van der Waals surface area contributed by atoms with Gasteiger partial charge in [0.2, 0.25) is 0 Å². The molecule has 2 aromatic carbocycles. The molecule has 0 aliphatic rings. The van der Waals surface area contributed by atoms with E-state index >= 15 is 0 Å². The Bertz CT molecular complexity index is 706. The number of carbonyl (C=O) groups is 1. The molecule has 6 heteroatoms. The zero-order valence-electron chi connectivity index (χ0n) is 12.6. The predicted octanol–water partition coefficient (Wildman–Crippen LogP) is 3.49. The van der Waals surface area contributed by atoms with Crippen molar-refractivity contribution in [3.8, 4) is 0 Å². The molecule has 0 aliphatic carbocycles. The Morgan fingerprint density at radius 2 is 2.00 bits per heavy atom. The summed E-state index contributed by atoms with van der Waals surface area (Å²) >= 11 is 5.18. The fourth-order valence-electron chi connectivity index (χ4n) is 1.93. The van der Waals surface area contributed by atoms with Crippen LogP contribution in [0.15, 0.2) is 48.5 Å². The molecule has 0 spiro atoms. The molecule has 0 amide bonds. The van der Waals surface area contributed by atoms with E-state index in [-0.39, 0.29) is 18.3 Å². The summed E-state index contributed by atoms with van der Waals surface area (Å²) in [5.41, 5.74) is 1.62. The van der Waals surface area contributed by atoms with Crippen LogP contribution in [0.5, 0.6) is 0 Å². The minimum absolute atomic E-state index is 0.274. The summed E-state index contributed by atoms with van der Waals surface area (Å²) < 4.78 is 18.5. The van der Waals surface area contributed by atoms with Crippen molar-refractivity contribution in [2.24, 2.45) is 0 Å². The number of thiocarbonyl (C=S) groups is 1. The van der Waals surface area contributed by atoms with Gasteiger partial charge in [0.05, 0.1) is 12.2 Å². The van der Waals surface area contributed by atoms with Crippen molar-refractivity contribution in [1.82, 2.24) is 5.32 Å². The maximum absolute atomic E-state index is 13.5. The van der Waals surface area contributed by atoms with Crippen LogP contribution in [0.25, 0.3) is 0 Å². The monoisotopic (exact) mass is 332 g/mol. The number of carbonyl (C=O) groups excluding carboxylic acids is 1. The van der Waals surface area contributed by atoms with Gasteiger partial charge in [-0.25, -0.2) is 9.18 Å². The van der Waals surface area contributed by atoms with Crippen molar-refractivity contribution >= 4 is 29.0 Å². The van der Waals surface area contributed by atoms with Crippen LogP contribution in [0.3, 0.4) is 0 Å². The minimum Gasteiger partial charge on any atom is -0.462 e. The van der Waals surface area contributed by atoms with Gasteiger partial charge in [-0.1, -0.05) is 24.3 Å². The molecule has 0 radical (unpaired) electrons. The van der Waals surface area contributed by atoms with Crippen molar-refractivity contribution in [1.29, 1.82) is 0 Å². The van der Waals surface area contributed by atoms with E-state index in [1.54, 1.807) is 49.4 Å². The SMILES string of the molecule is CCOC(=O)c1cccc(NC(=S)NCc2ccccc2F)c1. The molecular formula is C17H17FN2O2S. The van der Waals surface area contributed by atoms with Crippen LogP contribution in [0.2, 0.25) is 0 Å². The van der Waals surface area contributed by atoms with E-state index in [0.29, 0.717) is 28.5 Å². The molecule has 2 N–H and O–H groups in total. The molecule has 0 aromatic heterocycles. The molecule has 4 nitrogen and oxygen atoms in total. The molecular weight excluding hydrogens is 315 g/mol. The molecule has 0 saturated carbocycles. The lowest BCUT2D eigenvalue weighted by Crippen LogP contribution is -2.28. The van der Waals surface area contributed by atoms with Crippen LogP contribution < -0.4 is 10.6 Å². The second kappa shape index (κ2) is 8.24. The molecule has 0 atom stereocenters. The highest BCUT2D eigenvalue weighted by atomic mass is 32.1. The molecule has 0 bridgehead atoms. The topological polar surface area (TPSA) is 50.4 Å². The number of halogens is 1. The lowest BCUT2D eigenvalue weighted by molar-refractivity contribution is 0.0526. The molecule has 0 unspecified atom stereocenters. The summed E-state index contributed by atoms with van der Waals surface area (Å²) in [5, 5.41) is 6.23. The number of hydrogen-bond donors (Lipinski definition) is 2. The first-order chi connectivity index (χ1) is 11.1. The smallest absolute Gasteiger partial charge is 0.338 e. The summed E-state index contributed by atoms with van der Waals surface area (Å²) in [6.07, 6.45) is 0. The third-order valence-electron chi connectivity index (χ3n) is 3.03. The summed E-state index contributed by atoms with van der Waals surface area (Å²) in [4.78, 5) is 11.7. The third kappa shape index (κ3) is 5.03. The quantitative estimate of drug-likeness (QED) is 0.648. The first-order valence-electron chi connectivity index (χ1n) is 7.15. The maximum Gasteiger partial charge on any atom is 0.338 e. The second-order valence-corrected chi connectivity index (χ2v) is 5.11. The van der Waals surface area contributed by atoms with Gasteiger partial charge < -0.3 is 15.4 Å². The Hall–Kier alpha value is -2.47. The van der Waals surface area contributed by atoms with E-state index in [2.05, 4.69) is 10.6 Å². The van der Waals surface area contributed by atoms with Crippen molar-refractivity contribution in [2.75, 3.05) is 11.9 Å². The zero-order valence-corrected chi connectivity index (χ0v) is 13.5. The van der Waals surface area contributed by atoms with E-state index in [0.717, 1.165) is 0 Å². The summed E-state index contributed by atoms with van der Waals surface area (Å²) in [6, 6.07) is 13.3. The van der Waals surface area contributed by atoms with E-state index in [1.165, 1.54) is 6.07 Å². The van der Waals surface area contributed by atoms with Gasteiger partial charge in [0.1, 0.15) is 5.82 Å². The Morgan fingerprint density at radius 1 is 1.22 bits per heavy atom. The third-order valence-corrected chi connectivity index (χ3v) is 3.28. The zero-order chi connectivity index (χ0) is 16.7. The van der Waals surface area contributed by atoms with Crippen molar-refractivity contribution < 1.29 is 13.9 Å². The second-order valence-electron chi connectivity index (χ2n) is 4.70. The number of hydrogen-bond acceptors (Lipinski definition) is 3. The van der Waals surface area contributed by atoms with Gasteiger partial charge in [-0.2, -0.15) is 0 Å². The molecule has 0 fully saturated rings. The van der Waals surface area contributed by atoms with Gasteiger partial charge in [-0.05, 0) is 43.4 Å². The number of benzene rings is 2. The number of esters is 1. The van der Waals surface area contributed by atoms with Gasteiger partial charge >= 0.3 is 5.97 Å². The van der Waals surface area contributed by atoms with Gasteiger partial charge in [-0.3, -0.25) is 0 Å². The normalized spacial score (nSPS) is 10.0. The van der Waals surface area contributed by atoms with Gasteiger partial charge in [0.15, 0.2) is 5.11 Å². The predicted molar refractivity (Wildman–Crippen MR) is 91.9 cm³/mol. The number of rotatable bonds is 5. The van der Waals surface area contributed by atoms with E-state index in [1.807, 2.05) is 0 Å². The maximum atomic E-state index is 13.5. The van der Waals surface area contributed by atoms with E-state index in [9.17, 15) is 9.18 Å². The van der Waals surface area contributed by atoms with E-state index in [4.69, 9.17) is 17.0 Å². The Labute approximate surface area is 139 Å². The lowest BCUT2D eigenvalue weighted by atomic mass is 10.2. The fraction of sp³-hybridized carbons (Fsp3) is 0.176. The van der Waals surface area contributed by atoms with Crippen LogP contribution in [0.1, 0.15) is 22.8 Å². The average molecular weight is 332 g/mol. The number of nitrogens with one attached hydrogen (secondary N) is 2. The number of anilines is 1. The van der Waals surface area contributed by atoms with Crippen LogP contribution in [0.4, 0.5) is 10.1 Å². The number of ether oxygens (including phenoxy) is 1. The van der Waals surface area contributed by atoms with Crippen LogP contribution in [0, 0.1) is 5.82 Å². The summed E-state index contributed by atoms with van der Waals surface area (Å²) in [6.45, 7) is 2.34. The largest absolute Gasteiger partial charge is 0.462 e. The fourth-order valence-corrected chi connectivity index (χ4v) is 2.12. The Kier molecular flexibility index (Phi) is 6.05. The van der Waals surface area contributed by atoms with Crippen LogP contribution in [-0.4, -0.2) is 17.7 Å². The molecule has 2 aromatic rings. The molecule has 120 valence electrons. The van der Waals surface area contributed by atoms with Crippen molar-refractivity contribution in [3.63, 3.8) is 0 Å². The summed E-state index contributed by atoms with van der Waals surface area (Å²) in [7, 11) is 0. The first-order valence-corrected chi connectivity index (χ1v) is 7.56. The molecule has 0 aliphatic heterocycles. The average Bonchev–Trinajstić information content (AvgIpc) is 2.54. The Morgan fingerprint density at radius 3 is 2.74 bits per heavy atom. The summed E-state index contributed by atoms with van der Waals surface area (Å²) in [5.74, 6) is -0.673. The Balaban J connectivity index is 1.94. The highest BCUT2D eigenvalue weighted by Gasteiger charge is 2.07. The van der Waals surface area contributed by atoms with Crippen molar-refractivity contribution in [3.05, 3.63) is 65.5 Å². The van der Waals surface area contributed by atoms with Crippen LogP contribution >= 0.6 is 12.2 Å². The van der Waals surface area contributed by atoms with Gasteiger partial charge in [0.25, 0.3) is 0 Å². The van der Waals surface area contributed by atoms with Gasteiger partial charge in [-0.15, -0.1) is 0 Å². The molecule has 0 heterocycles. The van der Waals surface area contributed by atoms with Crippen LogP contribution in [-0.2, 0) is 11.3 Å². The van der Waals surface area contributed by atoms with Gasteiger partial charge in [0, 0.05) is 17.8 Å². The highest BCUT2D eigenvalue weighted by molar-refractivity contribution is 7.80. The van der Waals surface area contributed by atoms with Crippen molar-refractivity contribution in [2.45, 2.75) is 13.5 Å². The highest BCUT2D eigenvalue weighted by Crippen LogP contribution is 2.12. The minimum atomic E-state index is -0.388. The molecule has 23 heavy (non-hydrogen) atoms. The standard InChI is InChI=1S/C17H17FN2O2S/c1-2-22-16(21)12-7-5-8-14(10-12)20-17(23)19-11-13-6-3-4-9-15(13)18/h3-10H,2,11H2,1H3,(H2,19,20,23). The lowest BCUT2D eigenvalue weighted by Gasteiger charge is -2.12. The first kappa shape index (κ1) is 16.9. The molecule has 0 saturated heterocycles. The molecule has 2 rings (SSSR count). The van der Waals surface area contributed by atoms with E-state index < -0.39 is 0 Å².